The van der Waals surface area contributed by atoms with Gasteiger partial charge in [-0.05, 0) is 57.2 Å². The highest BCUT2D eigenvalue weighted by molar-refractivity contribution is 5.96. The zero-order valence-corrected chi connectivity index (χ0v) is 15.4. The third kappa shape index (κ3) is 3.63. The number of rotatable bonds is 4. The predicted molar refractivity (Wildman–Crippen MR) is 125 cm³/mol. The highest BCUT2D eigenvalue weighted by Gasteiger charge is 2.04. The van der Waals surface area contributed by atoms with Gasteiger partial charge in [-0.1, -0.05) is 96.9 Å². The average molecular weight is 381 g/mol. The fraction of sp³-hybridized carbons (Fsp3) is 0. The molecule has 29 heavy (non-hydrogen) atoms. The second-order valence-electron chi connectivity index (χ2n) is 6.48. The van der Waals surface area contributed by atoms with Gasteiger partial charge in [0.15, 0.2) is 0 Å². The standard InChI is InChI=1S/C28H21N/c1-2-7-21(8-3-1)22-13-17-25(18-14-22)29-26-19-15-24(16-20-26)28-12-6-10-23-9-4-5-11-27(23)28/h1-20,29H/i1D,2D,3D,7D,8D,13D,14D,17D,18D. The van der Waals surface area contributed by atoms with Crippen LogP contribution in [-0.4, -0.2) is 0 Å². The molecule has 5 aromatic rings. The summed E-state index contributed by atoms with van der Waals surface area (Å²) in [5.74, 6) is 0. The molecule has 0 amide bonds. The fourth-order valence-electron chi connectivity index (χ4n) is 3.23. The van der Waals surface area contributed by atoms with Crippen LogP contribution < -0.4 is 5.32 Å². The van der Waals surface area contributed by atoms with Crippen LogP contribution in [0.15, 0.2) is 121 Å². The first-order chi connectivity index (χ1) is 18.1. The van der Waals surface area contributed by atoms with Gasteiger partial charge in [-0.15, -0.1) is 0 Å². The van der Waals surface area contributed by atoms with Crippen LogP contribution in [0.3, 0.4) is 0 Å². The third-order valence-corrected chi connectivity index (χ3v) is 4.63. The van der Waals surface area contributed by atoms with E-state index in [0.717, 1.165) is 21.9 Å². The second-order valence-corrected chi connectivity index (χ2v) is 6.48. The number of hydrogen-bond donors (Lipinski definition) is 1. The van der Waals surface area contributed by atoms with Crippen molar-refractivity contribution < 1.29 is 12.3 Å². The van der Waals surface area contributed by atoms with E-state index in [1.165, 1.54) is 0 Å². The summed E-state index contributed by atoms with van der Waals surface area (Å²) in [7, 11) is 0. The molecule has 0 heterocycles. The summed E-state index contributed by atoms with van der Waals surface area (Å²) in [4.78, 5) is 0. The predicted octanol–water partition coefficient (Wildman–Crippen LogP) is 7.92. The smallest absolute Gasteiger partial charge is 0.0645 e. The minimum absolute atomic E-state index is 0.0750. The fourth-order valence-corrected chi connectivity index (χ4v) is 3.23. The highest BCUT2D eigenvalue weighted by atomic mass is 14.9. The van der Waals surface area contributed by atoms with Gasteiger partial charge in [0.2, 0.25) is 0 Å². The first kappa shape index (κ1) is 10.1. The second kappa shape index (κ2) is 7.65. The SMILES string of the molecule is [2H]c1c([2H])c([2H])c(-c2c([2H])c([2H])c(Nc3ccc(-c4cccc5ccccc45)cc3)c([2H])c2[2H])c([2H])c1[2H]. The molecule has 0 unspecified atom stereocenters. The van der Waals surface area contributed by atoms with E-state index in [-0.39, 0.29) is 16.8 Å². The zero-order valence-electron chi connectivity index (χ0n) is 24.4. The van der Waals surface area contributed by atoms with Crippen LogP contribution >= 0.6 is 0 Å². The molecule has 5 rings (SSSR count). The van der Waals surface area contributed by atoms with Crippen LogP contribution in [0.5, 0.6) is 0 Å². The molecule has 0 saturated heterocycles. The van der Waals surface area contributed by atoms with Gasteiger partial charge in [-0.25, -0.2) is 0 Å². The Labute approximate surface area is 183 Å². The minimum atomic E-state index is -0.605. The molecule has 0 saturated carbocycles. The van der Waals surface area contributed by atoms with Crippen molar-refractivity contribution in [3.05, 3.63) is 121 Å². The largest absolute Gasteiger partial charge is 0.356 e. The highest BCUT2D eigenvalue weighted by Crippen LogP contribution is 2.30. The molecule has 1 nitrogen and oxygen atoms in total. The maximum atomic E-state index is 8.52. The van der Waals surface area contributed by atoms with E-state index in [2.05, 4.69) is 11.4 Å². The molecule has 5 aromatic carbocycles. The molecule has 1 heteroatoms. The van der Waals surface area contributed by atoms with Gasteiger partial charge in [0.05, 0.1) is 12.3 Å². The molecule has 0 fully saturated rings. The lowest BCUT2D eigenvalue weighted by Gasteiger charge is -2.10. The monoisotopic (exact) mass is 380 g/mol. The van der Waals surface area contributed by atoms with Crippen molar-refractivity contribution in [1.29, 1.82) is 0 Å². The normalized spacial score (nSPS) is 15.1. The van der Waals surface area contributed by atoms with Crippen molar-refractivity contribution in [2.24, 2.45) is 0 Å². The Kier molecular flexibility index (Phi) is 2.66. The van der Waals surface area contributed by atoms with Gasteiger partial charge in [-0.3, -0.25) is 0 Å². The molecule has 1 N–H and O–H groups in total. The first-order valence-electron chi connectivity index (χ1n) is 13.6. The van der Waals surface area contributed by atoms with Gasteiger partial charge in [-0.2, -0.15) is 0 Å². The van der Waals surface area contributed by atoms with E-state index in [1.807, 2.05) is 48.5 Å². The molecule has 0 spiro atoms. The summed E-state index contributed by atoms with van der Waals surface area (Å²) in [5.41, 5.74) is 1.80. The average Bonchev–Trinajstić information content (AvgIpc) is 2.94. The van der Waals surface area contributed by atoms with Crippen molar-refractivity contribution in [2.75, 3.05) is 5.32 Å². The van der Waals surface area contributed by atoms with Gasteiger partial charge in [0, 0.05) is 11.4 Å². The summed E-state index contributed by atoms with van der Waals surface area (Å²) in [6.45, 7) is 0. The number of nitrogens with one attached hydrogen (secondary N) is 1. The van der Waals surface area contributed by atoms with Gasteiger partial charge in [0.1, 0.15) is 0 Å². The molecular formula is C28H21N. The number of anilines is 2. The molecule has 0 aliphatic heterocycles. The molecule has 138 valence electrons. The lowest BCUT2D eigenvalue weighted by molar-refractivity contribution is 1.54. The third-order valence-electron chi connectivity index (χ3n) is 4.63. The first-order valence-corrected chi connectivity index (χ1v) is 9.14. The molecular weight excluding hydrogens is 350 g/mol. The van der Waals surface area contributed by atoms with Crippen molar-refractivity contribution in [3.8, 4) is 22.3 Å². The van der Waals surface area contributed by atoms with Crippen molar-refractivity contribution in [2.45, 2.75) is 0 Å². The molecule has 0 bridgehead atoms. The Bertz CT molecular complexity index is 1670. The van der Waals surface area contributed by atoms with E-state index in [9.17, 15) is 0 Å². The Hall–Kier alpha value is -3.84. The van der Waals surface area contributed by atoms with E-state index in [1.54, 1.807) is 12.1 Å². The van der Waals surface area contributed by atoms with E-state index in [4.69, 9.17) is 12.3 Å². The van der Waals surface area contributed by atoms with Crippen LogP contribution in [0.1, 0.15) is 12.3 Å². The Morgan fingerprint density at radius 1 is 0.517 bits per heavy atom. The molecule has 0 aromatic heterocycles. The summed E-state index contributed by atoms with van der Waals surface area (Å²) in [6.07, 6.45) is 0. The zero-order chi connectivity index (χ0) is 27.3. The van der Waals surface area contributed by atoms with Crippen LogP contribution in [0.4, 0.5) is 11.4 Å². The van der Waals surface area contributed by atoms with Crippen LogP contribution in [0, 0.1) is 0 Å². The summed E-state index contributed by atoms with van der Waals surface area (Å²) in [6, 6.07) is 16.7. The van der Waals surface area contributed by atoms with Crippen molar-refractivity contribution in [1.82, 2.24) is 0 Å². The van der Waals surface area contributed by atoms with Crippen LogP contribution in [0.25, 0.3) is 33.0 Å². The summed E-state index contributed by atoms with van der Waals surface area (Å²) in [5, 5.41) is 5.20. The maximum Gasteiger partial charge on any atom is 0.0645 e. The Morgan fingerprint density at radius 3 is 2.00 bits per heavy atom. The van der Waals surface area contributed by atoms with E-state index in [0.29, 0.717) is 5.69 Å². The topological polar surface area (TPSA) is 12.0 Å². The summed E-state index contributed by atoms with van der Waals surface area (Å²) >= 11 is 0. The Morgan fingerprint density at radius 2 is 1.21 bits per heavy atom. The Balaban J connectivity index is 1.55. The van der Waals surface area contributed by atoms with E-state index < -0.39 is 54.4 Å². The molecule has 0 aliphatic carbocycles. The molecule has 0 atom stereocenters. The maximum absolute atomic E-state index is 8.52. The van der Waals surface area contributed by atoms with Crippen LogP contribution in [-0.2, 0) is 0 Å². The lowest BCUT2D eigenvalue weighted by Crippen LogP contribution is -1.90. The summed E-state index contributed by atoms with van der Waals surface area (Å²) < 4.78 is 74.1. The molecule has 0 aliphatic rings. The van der Waals surface area contributed by atoms with Crippen molar-refractivity contribution in [3.63, 3.8) is 0 Å². The molecule has 0 radical (unpaired) electrons. The van der Waals surface area contributed by atoms with E-state index >= 15 is 0 Å². The van der Waals surface area contributed by atoms with Gasteiger partial charge < -0.3 is 5.32 Å². The lowest BCUT2D eigenvalue weighted by atomic mass is 9.98. The minimum Gasteiger partial charge on any atom is -0.356 e. The van der Waals surface area contributed by atoms with Gasteiger partial charge in [0.25, 0.3) is 0 Å². The van der Waals surface area contributed by atoms with Gasteiger partial charge >= 0.3 is 0 Å². The number of benzene rings is 5. The number of fused-ring (bicyclic) bond motifs is 1. The number of hydrogen-bond acceptors (Lipinski definition) is 1. The van der Waals surface area contributed by atoms with Crippen molar-refractivity contribution >= 4 is 22.1 Å². The van der Waals surface area contributed by atoms with Crippen LogP contribution in [0.2, 0.25) is 0 Å². The quantitative estimate of drug-likeness (QED) is 0.334.